The van der Waals surface area contributed by atoms with Gasteiger partial charge in [0.15, 0.2) is 5.82 Å². The second-order valence-electron chi connectivity index (χ2n) is 7.48. The van der Waals surface area contributed by atoms with Gasteiger partial charge in [-0.15, -0.1) is 0 Å². The molecule has 0 aliphatic carbocycles. The monoisotopic (exact) mass is 426 g/mol. The number of hydrogen-bond acceptors (Lipinski definition) is 6. The smallest absolute Gasteiger partial charge is 0.348 e. The highest BCUT2D eigenvalue weighted by Gasteiger charge is 2.21. The predicted octanol–water partition coefficient (Wildman–Crippen LogP) is 1.61. The number of aromatic nitrogens is 3. The first-order chi connectivity index (χ1) is 14.9. The van der Waals surface area contributed by atoms with Crippen LogP contribution in [-0.2, 0) is 13.2 Å². The number of rotatable bonds is 8. The maximum absolute atomic E-state index is 12.8. The number of methoxy groups -OCH3 is 1. The van der Waals surface area contributed by atoms with E-state index in [1.54, 1.807) is 36.4 Å². The van der Waals surface area contributed by atoms with E-state index in [4.69, 9.17) is 4.74 Å². The minimum absolute atomic E-state index is 0.227. The molecule has 9 nitrogen and oxygen atoms in total. The number of nitrogens with one attached hydrogen (secondary N) is 2. The summed E-state index contributed by atoms with van der Waals surface area (Å²) in [6, 6.07) is 9.98. The number of carbonyl (C=O) groups excluding carboxylic acids is 1. The Kier molecular flexibility index (Phi) is 6.88. The van der Waals surface area contributed by atoms with Gasteiger partial charge in [0.2, 0.25) is 0 Å². The lowest BCUT2D eigenvalue weighted by molar-refractivity contribution is 0.0946. The molecule has 1 heterocycles. The Balaban J connectivity index is 2.18. The van der Waals surface area contributed by atoms with Crippen LogP contribution in [-0.4, -0.2) is 44.5 Å². The molecule has 0 unspecified atom stereocenters. The van der Waals surface area contributed by atoms with E-state index in [1.807, 2.05) is 13.8 Å². The van der Waals surface area contributed by atoms with Gasteiger partial charge in [-0.05, 0) is 41.3 Å². The number of nitrogens with zero attached hydrogens (tertiary/aromatic N) is 2. The van der Waals surface area contributed by atoms with Crippen molar-refractivity contribution in [1.29, 1.82) is 0 Å². The predicted molar refractivity (Wildman–Crippen MR) is 115 cm³/mol. The molecule has 2 aromatic carbocycles. The molecule has 0 atom stereocenters. The number of aliphatic hydroxyl groups is 2. The molecule has 31 heavy (non-hydrogen) atoms. The van der Waals surface area contributed by atoms with Crippen LogP contribution in [0.25, 0.3) is 17.1 Å². The van der Waals surface area contributed by atoms with E-state index >= 15 is 0 Å². The molecule has 1 aromatic heterocycles. The van der Waals surface area contributed by atoms with Crippen LogP contribution < -0.4 is 15.7 Å². The first-order valence-electron chi connectivity index (χ1n) is 9.87. The molecule has 164 valence electrons. The van der Waals surface area contributed by atoms with E-state index in [9.17, 15) is 19.8 Å². The molecule has 4 N–H and O–H groups in total. The van der Waals surface area contributed by atoms with E-state index < -0.39 is 5.69 Å². The summed E-state index contributed by atoms with van der Waals surface area (Å²) in [5.74, 6) is 0.685. The summed E-state index contributed by atoms with van der Waals surface area (Å²) in [5, 5.41) is 29.1. The maximum Gasteiger partial charge on any atom is 0.348 e. The number of ether oxygens (including phenoxy) is 1. The Morgan fingerprint density at radius 1 is 1.19 bits per heavy atom. The van der Waals surface area contributed by atoms with Gasteiger partial charge in [0.05, 0.1) is 26.0 Å². The Morgan fingerprint density at radius 2 is 1.94 bits per heavy atom. The van der Waals surface area contributed by atoms with E-state index in [0.29, 0.717) is 34.7 Å². The topological polar surface area (TPSA) is 129 Å². The van der Waals surface area contributed by atoms with Crippen molar-refractivity contribution in [2.75, 3.05) is 13.7 Å². The van der Waals surface area contributed by atoms with Crippen LogP contribution in [0.5, 0.6) is 5.75 Å². The first kappa shape index (κ1) is 22.3. The third-order valence-corrected chi connectivity index (χ3v) is 4.81. The molecule has 1 amide bonds. The van der Waals surface area contributed by atoms with E-state index in [0.717, 1.165) is 0 Å². The van der Waals surface area contributed by atoms with E-state index in [-0.39, 0.29) is 36.4 Å². The average molecular weight is 426 g/mol. The number of benzene rings is 2. The van der Waals surface area contributed by atoms with Crippen molar-refractivity contribution in [1.82, 2.24) is 20.1 Å². The molecule has 0 bridgehead atoms. The molecular formula is C22H26N4O5. The summed E-state index contributed by atoms with van der Waals surface area (Å²) in [6.07, 6.45) is 0. The molecule has 0 spiro atoms. The summed E-state index contributed by atoms with van der Waals surface area (Å²) >= 11 is 0. The minimum atomic E-state index is -0.482. The minimum Gasteiger partial charge on any atom is -0.497 e. The zero-order chi connectivity index (χ0) is 22.5. The number of carbonyl (C=O) groups is 1. The van der Waals surface area contributed by atoms with Gasteiger partial charge < -0.3 is 20.3 Å². The van der Waals surface area contributed by atoms with Crippen molar-refractivity contribution in [3.8, 4) is 22.8 Å². The van der Waals surface area contributed by atoms with E-state index in [2.05, 4.69) is 15.5 Å². The molecule has 0 saturated heterocycles. The Morgan fingerprint density at radius 3 is 2.58 bits per heavy atom. The van der Waals surface area contributed by atoms with Crippen LogP contribution in [0.15, 0.2) is 41.2 Å². The number of aliphatic hydroxyl groups excluding tert-OH is 2. The van der Waals surface area contributed by atoms with Crippen molar-refractivity contribution >= 4 is 5.91 Å². The van der Waals surface area contributed by atoms with Gasteiger partial charge in [0.1, 0.15) is 5.75 Å². The largest absolute Gasteiger partial charge is 0.497 e. The molecule has 0 saturated carbocycles. The maximum atomic E-state index is 12.8. The number of H-pyrrole nitrogens is 1. The fourth-order valence-corrected chi connectivity index (χ4v) is 3.24. The fraction of sp³-hybridized carbons (Fsp3) is 0.318. The van der Waals surface area contributed by atoms with Gasteiger partial charge in [0.25, 0.3) is 5.91 Å². The molecule has 3 aromatic rings. The second-order valence-corrected chi connectivity index (χ2v) is 7.48. The average Bonchev–Trinajstić information content (AvgIpc) is 3.17. The van der Waals surface area contributed by atoms with Crippen LogP contribution in [0.3, 0.4) is 0 Å². The fourth-order valence-electron chi connectivity index (χ4n) is 3.24. The Bertz CT molecular complexity index is 1130. The third kappa shape index (κ3) is 4.68. The lowest BCUT2D eigenvalue weighted by Crippen LogP contribution is -2.28. The molecule has 0 fully saturated rings. The van der Waals surface area contributed by atoms with Crippen LogP contribution in [0, 0.1) is 5.92 Å². The number of hydrogen-bond donors (Lipinski definition) is 4. The number of aromatic amines is 1. The summed E-state index contributed by atoms with van der Waals surface area (Å²) in [7, 11) is 1.53. The summed E-state index contributed by atoms with van der Waals surface area (Å²) in [5.41, 5.74) is 1.48. The Hall–Kier alpha value is -3.43. The number of amides is 1. The molecule has 0 aliphatic rings. The highest BCUT2D eigenvalue weighted by Crippen LogP contribution is 2.28. The molecular weight excluding hydrogens is 400 g/mol. The van der Waals surface area contributed by atoms with Crippen LogP contribution >= 0.6 is 0 Å². The van der Waals surface area contributed by atoms with Crippen molar-refractivity contribution in [2.24, 2.45) is 5.92 Å². The molecule has 0 aliphatic heterocycles. The molecule has 0 radical (unpaired) electrons. The van der Waals surface area contributed by atoms with Gasteiger partial charge in [-0.2, -0.15) is 5.10 Å². The lowest BCUT2D eigenvalue weighted by atomic mass is 9.97. The highest BCUT2D eigenvalue weighted by atomic mass is 16.5. The summed E-state index contributed by atoms with van der Waals surface area (Å²) in [4.78, 5) is 25.3. The SMILES string of the molecule is COc1cccc(-n2c(-c3cc(C(=O)NCC(C)C)c(CO)cc3CO)n[nH]c2=O)c1. The zero-order valence-electron chi connectivity index (χ0n) is 17.7. The van der Waals surface area contributed by atoms with Crippen molar-refractivity contribution in [3.63, 3.8) is 0 Å². The van der Waals surface area contributed by atoms with Crippen LogP contribution in [0.2, 0.25) is 0 Å². The summed E-state index contributed by atoms with van der Waals surface area (Å²) < 4.78 is 6.58. The van der Waals surface area contributed by atoms with Gasteiger partial charge in [-0.25, -0.2) is 14.5 Å². The van der Waals surface area contributed by atoms with Crippen molar-refractivity contribution in [3.05, 3.63) is 63.6 Å². The first-order valence-corrected chi connectivity index (χ1v) is 9.87. The van der Waals surface area contributed by atoms with Crippen molar-refractivity contribution < 1.29 is 19.7 Å². The zero-order valence-corrected chi connectivity index (χ0v) is 17.7. The van der Waals surface area contributed by atoms with Crippen LogP contribution in [0.1, 0.15) is 35.3 Å². The van der Waals surface area contributed by atoms with Gasteiger partial charge in [-0.3, -0.25) is 4.79 Å². The highest BCUT2D eigenvalue weighted by molar-refractivity contribution is 5.97. The molecule has 9 heteroatoms. The lowest BCUT2D eigenvalue weighted by Gasteiger charge is -2.15. The van der Waals surface area contributed by atoms with Crippen molar-refractivity contribution in [2.45, 2.75) is 27.1 Å². The van der Waals surface area contributed by atoms with E-state index in [1.165, 1.54) is 11.7 Å². The van der Waals surface area contributed by atoms with Crippen LogP contribution in [0.4, 0.5) is 0 Å². The molecule has 3 rings (SSSR count). The quantitative estimate of drug-likeness (QED) is 0.433. The van der Waals surface area contributed by atoms with Gasteiger partial charge in [0, 0.05) is 23.7 Å². The second kappa shape index (κ2) is 9.59. The summed E-state index contributed by atoms with van der Waals surface area (Å²) in [6.45, 7) is 3.68. The third-order valence-electron chi connectivity index (χ3n) is 4.81. The van der Waals surface area contributed by atoms with Gasteiger partial charge >= 0.3 is 5.69 Å². The Labute approximate surface area is 179 Å². The van der Waals surface area contributed by atoms with Gasteiger partial charge in [-0.1, -0.05) is 19.9 Å². The standard InChI is InChI=1S/C22H26N4O5/c1-13(2)10-23-21(29)19-9-18(14(11-27)7-15(19)12-28)20-24-25-22(30)26(20)16-5-4-6-17(8-16)31-3/h4-9,13,27-28H,10-12H2,1-3H3,(H,23,29)(H,25,30). The normalized spacial score (nSPS) is 11.0.